The van der Waals surface area contributed by atoms with Crippen molar-refractivity contribution in [2.45, 2.75) is 57.3 Å². The molecule has 2 N–H and O–H groups in total. The van der Waals surface area contributed by atoms with E-state index in [1.165, 1.54) is 24.8 Å². The van der Waals surface area contributed by atoms with Crippen molar-refractivity contribution in [3.05, 3.63) is 18.0 Å². The fourth-order valence-corrected chi connectivity index (χ4v) is 2.95. The number of rotatable bonds is 5. The quantitative estimate of drug-likeness (QED) is 0.857. The largest absolute Gasteiger partial charge is 0.391 e. The molecule has 0 spiro atoms. The Labute approximate surface area is 120 Å². The van der Waals surface area contributed by atoms with Crippen molar-refractivity contribution >= 4 is 0 Å². The molecule has 20 heavy (non-hydrogen) atoms. The lowest BCUT2D eigenvalue weighted by atomic mass is 9.85. The van der Waals surface area contributed by atoms with Gasteiger partial charge in [-0.25, -0.2) is 0 Å². The maximum Gasteiger partial charge on any atom is 0.0737 e. The van der Waals surface area contributed by atoms with Gasteiger partial charge in [-0.15, -0.1) is 0 Å². The van der Waals surface area contributed by atoms with Gasteiger partial charge in [0.15, 0.2) is 0 Å². The van der Waals surface area contributed by atoms with E-state index in [0.29, 0.717) is 19.6 Å². The molecule has 0 amide bonds. The van der Waals surface area contributed by atoms with Crippen LogP contribution in [0.15, 0.2) is 12.4 Å². The maximum absolute atomic E-state index is 9.97. The second kappa shape index (κ2) is 6.24. The van der Waals surface area contributed by atoms with Crippen LogP contribution in [0.5, 0.6) is 0 Å². The predicted octanol–water partition coefficient (Wildman–Crippen LogP) is 1.48. The summed E-state index contributed by atoms with van der Waals surface area (Å²) in [6.45, 7) is 4.41. The molecule has 112 valence electrons. The average Bonchev–Trinajstić information content (AvgIpc) is 2.85. The Bertz CT molecular complexity index is 431. The van der Waals surface area contributed by atoms with Crippen LogP contribution in [0.4, 0.5) is 0 Å². The number of hydrogen-bond acceptors (Lipinski definition) is 4. The lowest BCUT2D eigenvalue weighted by Crippen LogP contribution is -2.47. The maximum atomic E-state index is 9.97. The minimum absolute atomic E-state index is 0.0220. The first-order valence-electron chi connectivity index (χ1n) is 7.76. The second-order valence-electron chi connectivity index (χ2n) is 6.22. The van der Waals surface area contributed by atoms with Crippen LogP contribution < -0.4 is 5.32 Å². The molecule has 5 heteroatoms. The molecule has 1 unspecified atom stereocenters. The van der Waals surface area contributed by atoms with Crippen molar-refractivity contribution in [1.29, 1.82) is 0 Å². The molecule has 0 bridgehead atoms. The first-order valence-corrected chi connectivity index (χ1v) is 7.76. The predicted molar refractivity (Wildman–Crippen MR) is 76.3 cm³/mol. The molecule has 2 heterocycles. The molecule has 0 aromatic carbocycles. The van der Waals surface area contributed by atoms with Crippen molar-refractivity contribution in [3.63, 3.8) is 0 Å². The fraction of sp³-hybridized carbons (Fsp3) is 0.800. The SMILES string of the molecule is CC(N[C@@H]1COCC[C@H]1O)c1cnn(CC2CCC2)c1. The van der Waals surface area contributed by atoms with Gasteiger partial charge in [-0.1, -0.05) is 6.42 Å². The first-order chi connectivity index (χ1) is 9.72. The Morgan fingerprint density at radius 1 is 1.50 bits per heavy atom. The molecule has 2 fully saturated rings. The highest BCUT2D eigenvalue weighted by atomic mass is 16.5. The summed E-state index contributed by atoms with van der Waals surface area (Å²) in [5.41, 5.74) is 1.18. The van der Waals surface area contributed by atoms with Crippen molar-refractivity contribution in [2.75, 3.05) is 13.2 Å². The zero-order valence-electron chi connectivity index (χ0n) is 12.2. The van der Waals surface area contributed by atoms with E-state index in [9.17, 15) is 5.11 Å². The monoisotopic (exact) mass is 279 g/mol. The summed E-state index contributed by atoms with van der Waals surface area (Å²) in [6, 6.07) is 0.209. The number of aliphatic hydroxyl groups excluding tert-OH is 1. The minimum Gasteiger partial charge on any atom is -0.391 e. The highest BCUT2D eigenvalue weighted by Gasteiger charge is 2.25. The van der Waals surface area contributed by atoms with E-state index in [-0.39, 0.29) is 18.2 Å². The summed E-state index contributed by atoms with van der Waals surface area (Å²) in [5, 5.41) is 17.9. The Morgan fingerprint density at radius 2 is 2.35 bits per heavy atom. The van der Waals surface area contributed by atoms with Gasteiger partial charge in [0.1, 0.15) is 0 Å². The summed E-state index contributed by atoms with van der Waals surface area (Å²) < 4.78 is 7.49. The second-order valence-corrected chi connectivity index (χ2v) is 6.22. The molecule has 1 saturated heterocycles. The Balaban J connectivity index is 1.54. The summed E-state index contributed by atoms with van der Waals surface area (Å²) in [7, 11) is 0. The molecular weight excluding hydrogens is 254 g/mol. The minimum atomic E-state index is -0.309. The number of aromatic nitrogens is 2. The Kier molecular flexibility index (Phi) is 4.38. The van der Waals surface area contributed by atoms with Crippen LogP contribution in [0.2, 0.25) is 0 Å². The van der Waals surface area contributed by atoms with Gasteiger partial charge in [0.2, 0.25) is 0 Å². The standard InChI is InChI=1S/C15H25N3O2/c1-11(17-14-10-20-6-5-15(14)19)13-7-16-18(9-13)8-12-3-2-4-12/h7,9,11-12,14-15,17,19H,2-6,8,10H2,1H3/t11?,14-,15-/m1/s1. The summed E-state index contributed by atoms with van der Waals surface area (Å²) in [4.78, 5) is 0. The van der Waals surface area contributed by atoms with Crippen molar-refractivity contribution < 1.29 is 9.84 Å². The van der Waals surface area contributed by atoms with Crippen LogP contribution in [-0.2, 0) is 11.3 Å². The highest BCUT2D eigenvalue weighted by molar-refractivity contribution is 5.10. The van der Waals surface area contributed by atoms with Gasteiger partial charge in [0.25, 0.3) is 0 Å². The fourth-order valence-electron chi connectivity index (χ4n) is 2.95. The zero-order chi connectivity index (χ0) is 13.9. The molecule has 1 saturated carbocycles. The molecule has 1 aromatic heterocycles. The highest BCUT2D eigenvalue weighted by Crippen LogP contribution is 2.28. The van der Waals surface area contributed by atoms with Crippen molar-refractivity contribution in [2.24, 2.45) is 5.92 Å². The van der Waals surface area contributed by atoms with Gasteiger partial charge in [-0.05, 0) is 32.1 Å². The number of aliphatic hydroxyl groups is 1. The van der Waals surface area contributed by atoms with Crippen LogP contribution in [0.1, 0.15) is 44.2 Å². The van der Waals surface area contributed by atoms with Gasteiger partial charge in [0, 0.05) is 31.0 Å². The number of hydrogen-bond donors (Lipinski definition) is 2. The van der Waals surface area contributed by atoms with Gasteiger partial charge >= 0.3 is 0 Å². The number of ether oxygens (including phenoxy) is 1. The number of nitrogens with zero attached hydrogens (tertiary/aromatic N) is 2. The molecular formula is C15H25N3O2. The first kappa shape index (κ1) is 14.0. The molecule has 2 aliphatic rings. The van der Waals surface area contributed by atoms with E-state index in [1.807, 2.05) is 6.20 Å². The van der Waals surface area contributed by atoms with E-state index in [0.717, 1.165) is 12.5 Å². The van der Waals surface area contributed by atoms with Crippen LogP contribution >= 0.6 is 0 Å². The Hall–Kier alpha value is -0.910. The van der Waals surface area contributed by atoms with Crippen molar-refractivity contribution in [1.82, 2.24) is 15.1 Å². The van der Waals surface area contributed by atoms with Crippen LogP contribution in [0, 0.1) is 5.92 Å². The van der Waals surface area contributed by atoms with Gasteiger partial charge in [-0.2, -0.15) is 5.10 Å². The lowest BCUT2D eigenvalue weighted by Gasteiger charge is -2.30. The smallest absolute Gasteiger partial charge is 0.0737 e. The molecule has 3 atom stereocenters. The van der Waals surface area contributed by atoms with Crippen LogP contribution in [-0.4, -0.2) is 40.2 Å². The third-order valence-electron chi connectivity index (χ3n) is 4.61. The van der Waals surface area contributed by atoms with E-state index < -0.39 is 0 Å². The summed E-state index contributed by atoms with van der Waals surface area (Å²) in [5.74, 6) is 0.819. The molecule has 5 nitrogen and oxygen atoms in total. The van der Waals surface area contributed by atoms with E-state index in [1.54, 1.807) is 0 Å². The van der Waals surface area contributed by atoms with E-state index in [4.69, 9.17) is 4.74 Å². The molecule has 3 rings (SSSR count). The third-order valence-corrected chi connectivity index (χ3v) is 4.61. The lowest BCUT2D eigenvalue weighted by molar-refractivity contribution is -0.0185. The molecule has 1 aromatic rings. The van der Waals surface area contributed by atoms with Crippen molar-refractivity contribution in [3.8, 4) is 0 Å². The third kappa shape index (κ3) is 3.22. The normalized spacial score (nSPS) is 29.1. The van der Waals surface area contributed by atoms with Gasteiger partial charge < -0.3 is 15.2 Å². The molecule has 0 radical (unpaired) electrons. The topological polar surface area (TPSA) is 59.3 Å². The molecule has 1 aliphatic carbocycles. The van der Waals surface area contributed by atoms with Gasteiger partial charge in [-0.3, -0.25) is 4.68 Å². The summed E-state index contributed by atoms with van der Waals surface area (Å²) in [6.07, 6.45) is 8.53. The molecule has 1 aliphatic heterocycles. The zero-order valence-corrected chi connectivity index (χ0v) is 12.2. The Morgan fingerprint density at radius 3 is 3.05 bits per heavy atom. The van der Waals surface area contributed by atoms with Crippen LogP contribution in [0.25, 0.3) is 0 Å². The average molecular weight is 279 g/mol. The van der Waals surface area contributed by atoms with E-state index in [2.05, 4.69) is 28.2 Å². The van der Waals surface area contributed by atoms with Gasteiger partial charge in [0.05, 0.1) is 24.9 Å². The number of nitrogens with one attached hydrogen (secondary N) is 1. The summed E-state index contributed by atoms with van der Waals surface area (Å²) >= 11 is 0. The van der Waals surface area contributed by atoms with E-state index >= 15 is 0 Å². The van der Waals surface area contributed by atoms with Crippen LogP contribution in [0.3, 0.4) is 0 Å².